The highest BCUT2D eigenvalue weighted by Gasteiger charge is 2.31. The summed E-state index contributed by atoms with van der Waals surface area (Å²) in [7, 11) is 1.48. The van der Waals surface area contributed by atoms with Crippen LogP contribution in [0.25, 0.3) is 0 Å². The van der Waals surface area contributed by atoms with Crippen molar-refractivity contribution >= 4 is 17.4 Å². The minimum Gasteiger partial charge on any atom is -0.489 e. The average molecular weight is 425 g/mol. The summed E-state index contributed by atoms with van der Waals surface area (Å²) < 4.78 is 54.9. The van der Waals surface area contributed by atoms with E-state index in [-0.39, 0.29) is 30.2 Å². The van der Waals surface area contributed by atoms with E-state index >= 15 is 0 Å². The fraction of sp³-hybridized carbons (Fsp3) is 0.400. The summed E-state index contributed by atoms with van der Waals surface area (Å²) >= 11 is 0. The summed E-state index contributed by atoms with van der Waals surface area (Å²) in [5.41, 5.74) is -0.756. The monoisotopic (exact) mass is 425 g/mol. The molecule has 1 fully saturated rings. The number of hydrogen-bond acceptors (Lipinski definition) is 6. The zero-order chi connectivity index (χ0) is 21.6. The van der Waals surface area contributed by atoms with Gasteiger partial charge in [0.05, 0.1) is 36.6 Å². The van der Waals surface area contributed by atoms with Gasteiger partial charge in [-0.1, -0.05) is 0 Å². The molecule has 0 bridgehead atoms. The van der Waals surface area contributed by atoms with E-state index in [2.05, 4.69) is 10.3 Å². The first kappa shape index (κ1) is 21.8. The molecule has 0 radical (unpaired) electrons. The SMILES string of the molecule is COCCOc1ccc(C(F)(F)F)cc1NC(=O)c1ccc(N2CCOCC2)nc1. The van der Waals surface area contributed by atoms with Gasteiger partial charge in [0.2, 0.25) is 0 Å². The van der Waals surface area contributed by atoms with Crippen molar-refractivity contribution in [2.24, 2.45) is 0 Å². The highest BCUT2D eigenvalue weighted by molar-refractivity contribution is 6.05. The number of anilines is 2. The maximum absolute atomic E-state index is 13.1. The molecule has 1 aromatic heterocycles. The molecule has 1 N–H and O–H groups in total. The number of amides is 1. The molecule has 2 heterocycles. The molecule has 1 aliphatic rings. The molecule has 10 heteroatoms. The molecule has 7 nitrogen and oxygen atoms in total. The minimum atomic E-state index is -4.55. The lowest BCUT2D eigenvalue weighted by molar-refractivity contribution is -0.137. The molecule has 1 saturated heterocycles. The Labute approximate surface area is 171 Å². The molecule has 2 aromatic rings. The number of nitrogens with one attached hydrogen (secondary N) is 1. The van der Waals surface area contributed by atoms with E-state index in [1.807, 2.05) is 4.90 Å². The molecule has 0 atom stereocenters. The summed E-state index contributed by atoms with van der Waals surface area (Å²) in [6.45, 7) is 2.98. The van der Waals surface area contributed by atoms with Crippen LogP contribution in [0.15, 0.2) is 36.5 Å². The fourth-order valence-corrected chi connectivity index (χ4v) is 2.86. The van der Waals surface area contributed by atoms with Crippen molar-refractivity contribution in [2.75, 3.05) is 56.8 Å². The van der Waals surface area contributed by atoms with Crippen LogP contribution in [0.5, 0.6) is 5.75 Å². The number of rotatable bonds is 7. The Kier molecular flexibility index (Phi) is 7.11. The lowest BCUT2D eigenvalue weighted by Gasteiger charge is -2.27. The van der Waals surface area contributed by atoms with E-state index in [1.54, 1.807) is 12.1 Å². The van der Waals surface area contributed by atoms with Gasteiger partial charge in [-0.2, -0.15) is 13.2 Å². The Morgan fingerprint density at radius 1 is 1.20 bits per heavy atom. The number of hydrogen-bond donors (Lipinski definition) is 1. The number of carbonyl (C=O) groups excluding carboxylic acids is 1. The number of benzene rings is 1. The number of halogens is 3. The topological polar surface area (TPSA) is 72.9 Å². The summed E-state index contributed by atoms with van der Waals surface area (Å²) in [6, 6.07) is 6.19. The number of nitrogens with zero attached hydrogens (tertiary/aromatic N) is 2. The third kappa shape index (κ3) is 5.61. The van der Waals surface area contributed by atoms with Crippen molar-refractivity contribution in [3.63, 3.8) is 0 Å². The molecule has 0 aliphatic carbocycles. The van der Waals surface area contributed by atoms with E-state index in [0.29, 0.717) is 32.1 Å². The van der Waals surface area contributed by atoms with E-state index in [0.717, 1.165) is 12.1 Å². The standard InChI is InChI=1S/C20H22F3N3O4/c1-28-10-11-30-17-4-3-15(20(21,22)23)12-16(17)25-19(27)14-2-5-18(24-13-14)26-6-8-29-9-7-26/h2-5,12-13H,6-11H2,1H3,(H,25,27). The lowest BCUT2D eigenvalue weighted by atomic mass is 10.1. The quantitative estimate of drug-likeness (QED) is 0.687. The van der Waals surface area contributed by atoms with Crippen LogP contribution in [0.3, 0.4) is 0 Å². The van der Waals surface area contributed by atoms with Crippen LogP contribution in [-0.4, -0.2) is 57.5 Å². The van der Waals surface area contributed by atoms with Crippen molar-refractivity contribution in [3.8, 4) is 5.75 Å². The zero-order valence-corrected chi connectivity index (χ0v) is 16.4. The Balaban J connectivity index is 1.76. The molecule has 0 saturated carbocycles. The third-order valence-electron chi connectivity index (χ3n) is 4.45. The summed E-state index contributed by atoms with van der Waals surface area (Å²) in [4.78, 5) is 18.9. The highest BCUT2D eigenvalue weighted by atomic mass is 19.4. The van der Waals surface area contributed by atoms with Gasteiger partial charge < -0.3 is 24.4 Å². The minimum absolute atomic E-state index is 0.0804. The first-order chi connectivity index (χ1) is 14.4. The first-order valence-electron chi connectivity index (χ1n) is 9.31. The number of alkyl halides is 3. The van der Waals surface area contributed by atoms with E-state index in [1.165, 1.54) is 19.4 Å². The highest BCUT2D eigenvalue weighted by Crippen LogP contribution is 2.35. The Bertz CT molecular complexity index is 853. The molecule has 3 rings (SSSR count). The number of pyridine rings is 1. The lowest BCUT2D eigenvalue weighted by Crippen LogP contribution is -2.36. The number of carbonyl (C=O) groups is 1. The van der Waals surface area contributed by atoms with Crippen LogP contribution in [0.2, 0.25) is 0 Å². The Morgan fingerprint density at radius 2 is 1.97 bits per heavy atom. The smallest absolute Gasteiger partial charge is 0.416 e. The third-order valence-corrected chi connectivity index (χ3v) is 4.45. The Morgan fingerprint density at radius 3 is 2.60 bits per heavy atom. The molecule has 0 spiro atoms. The van der Waals surface area contributed by atoms with Gasteiger partial charge in [0.15, 0.2) is 0 Å². The second-order valence-corrected chi connectivity index (χ2v) is 6.51. The van der Waals surface area contributed by atoms with Gasteiger partial charge in [0, 0.05) is 26.4 Å². The van der Waals surface area contributed by atoms with Crippen LogP contribution in [0, 0.1) is 0 Å². The van der Waals surface area contributed by atoms with Crippen molar-refractivity contribution in [1.82, 2.24) is 4.98 Å². The largest absolute Gasteiger partial charge is 0.489 e. The Hall–Kier alpha value is -2.85. The van der Waals surface area contributed by atoms with Crippen molar-refractivity contribution < 1.29 is 32.2 Å². The molecule has 30 heavy (non-hydrogen) atoms. The maximum Gasteiger partial charge on any atom is 0.416 e. The summed E-state index contributed by atoms with van der Waals surface area (Å²) in [6.07, 6.45) is -3.16. The van der Waals surface area contributed by atoms with Gasteiger partial charge in [-0.25, -0.2) is 4.98 Å². The van der Waals surface area contributed by atoms with Gasteiger partial charge in [-0.15, -0.1) is 0 Å². The molecule has 1 amide bonds. The van der Waals surface area contributed by atoms with E-state index < -0.39 is 17.6 Å². The fourth-order valence-electron chi connectivity index (χ4n) is 2.86. The molecule has 0 unspecified atom stereocenters. The van der Waals surface area contributed by atoms with Crippen molar-refractivity contribution in [3.05, 3.63) is 47.7 Å². The molecular formula is C20H22F3N3O4. The van der Waals surface area contributed by atoms with Crippen LogP contribution in [0.1, 0.15) is 15.9 Å². The van der Waals surface area contributed by atoms with Crippen LogP contribution >= 0.6 is 0 Å². The van der Waals surface area contributed by atoms with Crippen molar-refractivity contribution in [2.45, 2.75) is 6.18 Å². The van der Waals surface area contributed by atoms with Crippen LogP contribution in [0.4, 0.5) is 24.7 Å². The van der Waals surface area contributed by atoms with Gasteiger partial charge in [0.1, 0.15) is 18.2 Å². The van der Waals surface area contributed by atoms with Gasteiger partial charge in [0.25, 0.3) is 5.91 Å². The number of aromatic nitrogens is 1. The predicted molar refractivity (Wildman–Crippen MR) is 104 cm³/mol. The van der Waals surface area contributed by atoms with Crippen LogP contribution < -0.4 is 15.0 Å². The van der Waals surface area contributed by atoms with E-state index in [4.69, 9.17) is 14.2 Å². The molecule has 1 aromatic carbocycles. The molecular weight excluding hydrogens is 403 g/mol. The summed E-state index contributed by atoms with van der Waals surface area (Å²) in [5, 5.41) is 2.49. The van der Waals surface area contributed by atoms with Crippen LogP contribution in [-0.2, 0) is 15.7 Å². The normalized spacial score (nSPS) is 14.5. The van der Waals surface area contributed by atoms with E-state index in [9.17, 15) is 18.0 Å². The van der Waals surface area contributed by atoms with Gasteiger partial charge in [-0.3, -0.25) is 4.79 Å². The molecule has 1 aliphatic heterocycles. The van der Waals surface area contributed by atoms with Crippen molar-refractivity contribution in [1.29, 1.82) is 0 Å². The predicted octanol–water partition coefficient (Wildman–Crippen LogP) is 3.21. The number of morpholine rings is 1. The average Bonchev–Trinajstić information content (AvgIpc) is 2.75. The van der Waals surface area contributed by atoms with Gasteiger partial charge >= 0.3 is 6.18 Å². The number of methoxy groups -OCH3 is 1. The summed E-state index contributed by atoms with van der Waals surface area (Å²) in [5.74, 6) is 0.232. The molecule has 162 valence electrons. The number of ether oxygens (including phenoxy) is 3. The maximum atomic E-state index is 13.1. The zero-order valence-electron chi connectivity index (χ0n) is 16.4. The van der Waals surface area contributed by atoms with Gasteiger partial charge in [-0.05, 0) is 30.3 Å². The second kappa shape index (κ2) is 9.77. The second-order valence-electron chi connectivity index (χ2n) is 6.51. The first-order valence-corrected chi connectivity index (χ1v) is 9.31.